The third-order valence-electron chi connectivity index (χ3n) is 4.35. The average molecular weight is 569 g/mol. The van der Waals surface area contributed by atoms with Crippen LogP contribution in [0.25, 0.3) is 0 Å². The number of hydrogen-bond donors (Lipinski definition) is 1. The first-order chi connectivity index (χ1) is 14.6. The highest BCUT2D eigenvalue weighted by molar-refractivity contribution is 8.21. The highest BCUT2D eigenvalue weighted by Crippen LogP contribution is 2.85. The van der Waals surface area contributed by atoms with E-state index in [1.807, 2.05) is 91.0 Å². The summed E-state index contributed by atoms with van der Waals surface area (Å²) in [5.74, 6) is -6.41. The Morgan fingerprint density at radius 2 is 0.935 bits per heavy atom. The zero-order valence-corrected chi connectivity index (χ0v) is 22.4. The summed E-state index contributed by atoms with van der Waals surface area (Å²) >= 11 is 25.4. The molecule has 0 saturated heterocycles. The van der Waals surface area contributed by atoms with Gasteiger partial charge in [0.15, 0.2) is 0 Å². The zero-order chi connectivity index (χ0) is 22.2. The predicted molar refractivity (Wildman–Crippen MR) is 143 cm³/mol. The fourth-order valence-corrected chi connectivity index (χ4v) is 23.0. The van der Waals surface area contributed by atoms with Crippen LogP contribution in [-0.4, -0.2) is 0 Å². The van der Waals surface area contributed by atoms with Gasteiger partial charge in [-0.25, -0.2) is 4.52 Å². The van der Waals surface area contributed by atoms with Crippen LogP contribution in [-0.2, 0) is 0 Å². The zero-order valence-electron chi connectivity index (χ0n) is 15.8. The molecule has 1 atom stereocenters. The minimum absolute atomic E-state index is 0.992. The number of rotatable bonds is 4. The molecular weight excluding hydrogens is 552 g/mol. The standard InChI is InChI=1S/C18H17Cl4N5P4/c19-29(20)25-30(21,22)27-31(23,26-29)24-28(16-10-4-1-5-11-16,17-12-6-2-7-13-17)18-14-8-3-9-15-18/h1-15H,23H2. The van der Waals surface area contributed by atoms with Gasteiger partial charge in [-0.3, -0.25) is 5.50 Å². The van der Waals surface area contributed by atoms with Crippen molar-refractivity contribution in [3.8, 4) is 0 Å². The fourth-order valence-electron chi connectivity index (χ4n) is 3.27. The molecule has 0 amide bonds. The van der Waals surface area contributed by atoms with Crippen LogP contribution in [0.4, 0.5) is 0 Å². The van der Waals surface area contributed by atoms with Gasteiger partial charge >= 0.3 is 0 Å². The van der Waals surface area contributed by atoms with Crippen molar-refractivity contribution in [1.82, 2.24) is 0 Å². The maximum absolute atomic E-state index is 6.71. The Kier molecular flexibility index (Phi) is 7.04. The van der Waals surface area contributed by atoms with E-state index in [4.69, 9.17) is 55.0 Å². The summed E-state index contributed by atoms with van der Waals surface area (Å²) in [4.78, 5) is 0. The Hall–Kier alpha value is -0.300. The third kappa shape index (κ3) is 5.28. The van der Waals surface area contributed by atoms with Gasteiger partial charge in [0.25, 0.3) is 19.3 Å². The van der Waals surface area contributed by atoms with Crippen LogP contribution < -0.4 is 21.4 Å². The molecule has 1 aliphatic heterocycles. The highest BCUT2D eigenvalue weighted by atomic mass is 35.9. The van der Waals surface area contributed by atoms with Crippen molar-refractivity contribution < 1.29 is 0 Å². The quantitative estimate of drug-likeness (QED) is 0.313. The molecule has 0 aliphatic carbocycles. The molecule has 2 N–H and O–H groups in total. The van der Waals surface area contributed by atoms with Crippen LogP contribution in [0.5, 0.6) is 0 Å². The second kappa shape index (κ2) is 9.15. The molecule has 1 aliphatic rings. The second-order valence-corrected chi connectivity index (χ2v) is 22.0. The SMILES string of the molecule is NP1(N=P(c2ccccc2)(c2ccccc2)c2ccccc2)=NP(Cl)(Cl)=NP(Cl)(Cl)=N1. The van der Waals surface area contributed by atoms with Gasteiger partial charge in [0.05, 0.1) is 7.05 Å². The molecule has 0 spiro atoms. The number of nitrogens with two attached hydrogens (primary N) is 1. The van der Waals surface area contributed by atoms with E-state index in [1.54, 1.807) is 0 Å². The number of benzene rings is 3. The Morgan fingerprint density at radius 1 is 0.581 bits per heavy atom. The van der Waals surface area contributed by atoms with Gasteiger partial charge in [-0.05, 0) is 45.0 Å². The van der Waals surface area contributed by atoms with Crippen LogP contribution in [0.2, 0.25) is 0 Å². The van der Waals surface area contributed by atoms with Crippen molar-refractivity contribution in [2.45, 2.75) is 0 Å². The van der Waals surface area contributed by atoms with Crippen molar-refractivity contribution >= 4 is 87.3 Å². The van der Waals surface area contributed by atoms with Gasteiger partial charge in [-0.1, -0.05) is 91.0 Å². The molecule has 13 heteroatoms. The molecule has 162 valence electrons. The molecule has 0 aromatic heterocycles. The summed E-state index contributed by atoms with van der Waals surface area (Å²) in [6.45, 7) is 0. The lowest BCUT2D eigenvalue weighted by Gasteiger charge is -2.30. The van der Waals surface area contributed by atoms with E-state index in [1.165, 1.54) is 0 Å². The summed E-state index contributed by atoms with van der Waals surface area (Å²) in [6, 6.07) is 29.9. The highest BCUT2D eigenvalue weighted by Gasteiger charge is 2.35. The van der Waals surface area contributed by atoms with E-state index in [9.17, 15) is 0 Å². The molecule has 0 bridgehead atoms. The number of halogens is 4. The average Bonchev–Trinajstić information content (AvgIpc) is 2.71. The predicted octanol–water partition coefficient (Wildman–Crippen LogP) is 8.93. The van der Waals surface area contributed by atoms with Crippen molar-refractivity contribution in [3.05, 3.63) is 91.0 Å². The monoisotopic (exact) mass is 567 g/mol. The molecule has 5 nitrogen and oxygen atoms in total. The molecule has 1 heterocycles. The maximum atomic E-state index is 6.71. The number of hydrogen-bond acceptors (Lipinski definition) is 5. The maximum Gasteiger partial charge on any atom is 0.259 e. The first-order valence-corrected chi connectivity index (χ1v) is 19.4. The normalized spacial score (nSPS) is 21.8. The summed E-state index contributed by atoms with van der Waals surface area (Å²) in [5, 5.41) is 2.98. The van der Waals surface area contributed by atoms with Gasteiger partial charge in [-0.2, -0.15) is 13.5 Å². The topological polar surface area (TPSA) is 75.5 Å². The van der Waals surface area contributed by atoms with Crippen LogP contribution >= 0.6 is 71.3 Å². The van der Waals surface area contributed by atoms with E-state index >= 15 is 0 Å². The summed E-state index contributed by atoms with van der Waals surface area (Å²) in [7, 11) is -6.00. The van der Waals surface area contributed by atoms with Crippen molar-refractivity contribution in [2.24, 2.45) is 23.6 Å². The van der Waals surface area contributed by atoms with E-state index in [2.05, 4.69) is 13.5 Å². The van der Waals surface area contributed by atoms with Gasteiger partial charge in [0.2, 0.25) is 0 Å². The lowest BCUT2D eigenvalue weighted by Crippen LogP contribution is -2.25. The third-order valence-corrected chi connectivity index (χ3v) is 20.0. The first kappa shape index (κ1) is 23.8. The minimum Gasteiger partial charge on any atom is -0.261 e. The fraction of sp³-hybridized carbons (Fsp3) is 0. The molecule has 3 aromatic rings. The molecule has 0 radical (unpaired) electrons. The van der Waals surface area contributed by atoms with E-state index in [-0.39, 0.29) is 0 Å². The molecule has 0 fully saturated rings. The molecule has 1 unspecified atom stereocenters. The van der Waals surface area contributed by atoms with Crippen molar-refractivity contribution in [1.29, 1.82) is 0 Å². The van der Waals surface area contributed by atoms with E-state index < -0.39 is 26.4 Å². The van der Waals surface area contributed by atoms with Crippen LogP contribution in [0.1, 0.15) is 0 Å². The number of nitrogens with zero attached hydrogens (tertiary/aromatic N) is 4. The van der Waals surface area contributed by atoms with E-state index in [0.29, 0.717) is 0 Å². The lowest BCUT2D eigenvalue weighted by molar-refractivity contribution is 1.58. The molecular formula is C18H17Cl4N5P4. The Balaban J connectivity index is 2.21. The van der Waals surface area contributed by atoms with E-state index in [0.717, 1.165) is 15.9 Å². The summed E-state index contributed by atoms with van der Waals surface area (Å²) in [6.07, 6.45) is 0. The first-order valence-electron chi connectivity index (χ1n) is 8.94. The summed E-state index contributed by atoms with van der Waals surface area (Å²) < 4.78 is 18.1. The van der Waals surface area contributed by atoms with Gasteiger partial charge in [-0.15, -0.1) is 0 Å². The van der Waals surface area contributed by atoms with Crippen LogP contribution in [0.15, 0.2) is 109 Å². The Labute approximate surface area is 201 Å². The molecule has 3 aromatic carbocycles. The summed E-state index contributed by atoms with van der Waals surface area (Å²) in [5.41, 5.74) is 6.71. The van der Waals surface area contributed by atoms with Crippen LogP contribution in [0.3, 0.4) is 0 Å². The molecule has 4 rings (SSSR count). The lowest BCUT2D eigenvalue weighted by atomic mass is 10.4. The molecule has 0 saturated carbocycles. The van der Waals surface area contributed by atoms with Crippen LogP contribution in [0, 0.1) is 0 Å². The Morgan fingerprint density at radius 3 is 1.29 bits per heavy atom. The van der Waals surface area contributed by atoms with Gasteiger partial charge in [0.1, 0.15) is 0 Å². The largest absolute Gasteiger partial charge is 0.261 e. The Bertz CT molecular complexity index is 1210. The smallest absolute Gasteiger partial charge is 0.259 e. The molecule has 31 heavy (non-hydrogen) atoms. The van der Waals surface area contributed by atoms with Gasteiger partial charge in [0, 0.05) is 15.9 Å². The minimum atomic E-state index is -3.32. The van der Waals surface area contributed by atoms with Crippen molar-refractivity contribution in [3.63, 3.8) is 0 Å². The van der Waals surface area contributed by atoms with Crippen molar-refractivity contribution in [2.75, 3.05) is 0 Å². The second-order valence-electron chi connectivity index (χ2n) is 6.53. The van der Waals surface area contributed by atoms with Gasteiger partial charge < -0.3 is 0 Å².